The van der Waals surface area contributed by atoms with Gasteiger partial charge in [0.25, 0.3) is 0 Å². The highest BCUT2D eigenvalue weighted by atomic mass is 19.1. The number of ether oxygens (including phenoxy) is 1. The summed E-state index contributed by atoms with van der Waals surface area (Å²) in [6.45, 7) is 2.26. The number of rotatable bonds is 4. The zero-order chi connectivity index (χ0) is 10.4. The van der Waals surface area contributed by atoms with Crippen LogP contribution in [0.4, 0.5) is 4.39 Å². The molecule has 14 heavy (non-hydrogen) atoms. The van der Waals surface area contributed by atoms with E-state index in [4.69, 9.17) is 4.74 Å². The van der Waals surface area contributed by atoms with Gasteiger partial charge in [-0.15, -0.1) is 0 Å². The molecule has 1 rings (SSSR count). The molecule has 1 saturated carbocycles. The molecule has 82 valence electrons. The van der Waals surface area contributed by atoms with Crippen molar-refractivity contribution >= 4 is 5.97 Å². The number of halogens is 1. The van der Waals surface area contributed by atoms with Gasteiger partial charge in [0.2, 0.25) is 0 Å². The van der Waals surface area contributed by atoms with Crippen LogP contribution >= 0.6 is 0 Å². The second kappa shape index (κ2) is 5.96. The van der Waals surface area contributed by atoms with E-state index in [-0.39, 0.29) is 18.6 Å². The Labute approximate surface area is 84.0 Å². The summed E-state index contributed by atoms with van der Waals surface area (Å²) < 4.78 is 18.0. The monoisotopic (exact) mass is 203 g/mol. The van der Waals surface area contributed by atoms with Crippen LogP contribution in [0.2, 0.25) is 0 Å². The Kier molecular flexibility index (Phi) is 4.87. The van der Waals surface area contributed by atoms with Crippen LogP contribution in [-0.4, -0.2) is 31.3 Å². The average molecular weight is 203 g/mol. The smallest absolute Gasteiger partial charge is 0.319 e. The molecule has 2 atom stereocenters. The minimum Gasteiger partial charge on any atom is -0.465 e. The maximum absolute atomic E-state index is 13.3. The summed E-state index contributed by atoms with van der Waals surface area (Å²) in [6.07, 6.45) is 2.62. The van der Waals surface area contributed by atoms with Gasteiger partial charge in [-0.1, -0.05) is 12.8 Å². The molecule has 0 unspecified atom stereocenters. The van der Waals surface area contributed by atoms with Gasteiger partial charge in [-0.25, -0.2) is 4.39 Å². The van der Waals surface area contributed by atoms with Crippen LogP contribution in [0.3, 0.4) is 0 Å². The van der Waals surface area contributed by atoms with Gasteiger partial charge in [-0.2, -0.15) is 0 Å². The number of hydrogen-bond donors (Lipinski definition) is 1. The van der Waals surface area contributed by atoms with E-state index in [1.54, 1.807) is 6.92 Å². The van der Waals surface area contributed by atoms with Gasteiger partial charge in [-0.3, -0.25) is 4.79 Å². The molecule has 0 aromatic carbocycles. The molecule has 3 nitrogen and oxygen atoms in total. The van der Waals surface area contributed by atoms with Crippen molar-refractivity contribution < 1.29 is 13.9 Å². The zero-order valence-electron chi connectivity index (χ0n) is 8.59. The van der Waals surface area contributed by atoms with Gasteiger partial charge >= 0.3 is 5.97 Å². The highest BCUT2D eigenvalue weighted by Gasteiger charge is 2.24. The summed E-state index contributed by atoms with van der Waals surface area (Å²) >= 11 is 0. The largest absolute Gasteiger partial charge is 0.465 e. The second-order valence-corrected chi connectivity index (χ2v) is 3.59. The van der Waals surface area contributed by atoms with Gasteiger partial charge < -0.3 is 10.1 Å². The van der Waals surface area contributed by atoms with Crippen LogP contribution < -0.4 is 5.32 Å². The number of carbonyl (C=O) groups excluding carboxylic acids is 1. The van der Waals surface area contributed by atoms with Crippen molar-refractivity contribution in [2.45, 2.75) is 44.8 Å². The van der Waals surface area contributed by atoms with E-state index >= 15 is 0 Å². The predicted molar refractivity (Wildman–Crippen MR) is 51.8 cm³/mol. The fraction of sp³-hybridized carbons (Fsp3) is 0.900. The van der Waals surface area contributed by atoms with Crippen molar-refractivity contribution in [2.75, 3.05) is 13.2 Å². The molecule has 0 spiro atoms. The van der Waals surface area contributed by atoms with Gasteiger partial charge in [0.05, 0.1) is 13.2 Å². The van der Waals surface area contributed by atoms with E-state index in [2.05, 4.69) is 5.32 Å². The molecule has 1 N–H and O–H groups in total. The van der Waals surface area contributed by atoms with Crippen molar-refractivity contribution in [2.24, 2.45) is 0 Å². The van der Waals surface area contributed by atoms with Gasteiger partial charge in [0.1, 0.15) is 6.17 Å². The summed E-state index contributed by atoms with van der Waals surface area (Å²) in [5.41, 5.74) is 0. The van der Waals surface area contributed by atoms with Crippen molar-refractivity contribution in [3.8, 4) is 0 Å². The van der Waals surface area contributed by atoms with Gasteiger partial charge in [-0.05, 0) is 19.8 Å². The number of nitrogens with one attached hydrogen (secondary N) is 1. The third kappa shape index (κ3) is 3.62. The second-order valence-electron chi connectivity index (χ2n) is 3.59. The van der Waals surface area contributed by atoms with E-state index in [0.29, 0.717) is 13.0 Å². The number of hydrogen-bond acceptors (Lipinski definition) is 3. The first-order valence-corrected chi connectivity index (χ1v) is 5.27. The van der Waals surface area contributed by atoms with Crippen molar-refractivity contribution in [3.63, 3.8) is 0 Å². The van der Waals surface area contributed by atoms with E-state index in [1.165, 1.54) is 0 Å². The van der Waals surface area contributed by atoms with E-state index in [0.717, 1.165) is 19.3 Å². The van der Waals surface area contributed by atoms with Crippen molar-refractivity contribution in [1.82, 2.24) is 5.32 Å². The lowest BCUT2D eigenvalue weighted by Crippen LogP contribution is -2.42. The molecular formula is C10H18FNO2. The Morgan fingerprint density at radius 1 is 1.50 bits per heavy atom. The molecule has 0 amide bonds. The molecule has 0 saturated heterocycles. The molecule has 1 fully saturated rings. The first-order chi connectivity index (χ1) is 6.74. The molecule has 0 aromatic rings. The Hall–Kier alpha value is -0.640. The lowest BCUT2D eigenvalue weighted by Gasteiger charge is -2.26. The Bertz CT molecular complexity index is 187. The first-order valence-electron chi connectivity index (χ1n) is 5.27. The minimum absolute atomic E-state index is 0.124. The lowest BCUT2D eigenvalue weighted by atomic mass is 9.94. The van der Waals surface area contributed by atoms with Crippen LogP contribution in [0.1, 0.15) is 32.6 Å². The molecule has 1 aliphatic rings. The van der Waals surface area contributed by atoms with Crippen LogP contribution in [0.25, 0.3) is 0 Å². The molecule has 1 aliphatic carbocycles. The maximum Gasteiger partial charge on any atom is 0.319 e. The Morgan fingerprint density at radius 3 is 2.86 bits per heavy atom. The Morgan fingerprint density at radius 2 is 2.21 bits per heavy atom. The van der Waals surface area contributed by atoms with E-state index < -0.39 is 6.17 Å². The van der Waals surface area contributed by atoms with Gasteiger partial charge in [0, 0.05) is 6.04 Å². The fourth-order valence-electron chi connectivity index (χ4n) is 1.74. The maximum atomic E-state index is 13.3. The first kappa shape index (κ1) is 11.4. The number of alkyl halides is 1. The van der Waals surface area contributed by atoms with E-state index in [1.807, 2.05) is 0 Å². The van der Waals surface area contributed by atoms with Crippen LogP contribution in [-0.2, 0) is 9.53 Å². The molecule has 0 aromatic heterocycles. The van der Waals surface area contributed by atoms with E-state index in [9.17, 15) is 9.18 Å². The SMILES string of the molecule is CCOC(=O)CN[C@@H]1CCCC[C@H]1F. The van der Waals surface area contributed by atoms with Gasteiger partial charge in [0.15, 0.2) is 0 Å². The fourth-order valence-corrected chi connectivity index (χ4v) is 1.74. The summed E-state index contributed by atoms with van der Waals surface area (Å²) in [5.74, 6) is -0.301. The Balaban J connectivity index is 2.19. The quantitative estimate of drug-likeness (QED) is 0.702. The third-order valence-electron chi connectivity index (χ3n) is 2.50. The average Bonchev–Trinajstić information content (AvgIpc) is 2.17. The molecule has 0 aliphatic heterocycles. The summed E-state index contributed by atoms with van der Waals surface area (Å²) in [5, 5.41) is 2.91. The number of carbonyl (C=O) groups is 1. The molecule has 0 bridgehead atoms. The third-order valence-corrected chi connectivity index (χ3v) is 2.50. The minimum atomic E-state index is -0.807. The summed E-state index contributed by atoms with van der Waals surface area (Å²) in [4.78, 5) is 11.0. The summed E-state index contributed by atoms with van der Waals surface area (Å²) in [6, 6.07) is -0.159. The zero-order valence-corrected chi connectivity index (χ0v) is 8.59. The van der Waals surface area contributed by atoms with Crippen molar-refractivity contribution in [1.29, 1.82) is 0 Å². The van der Waals surface area contributed by atoms with Crippen molar-refractivity contribution in [3.05, 3.63) is 0 Å². The van der Waals surface area contributed by atoms with Crippen LogP contribution in [0.5, 0.6) is 0 Å². The van der Waals surface area contributed by atoms with Crippen LogP contribution in [0, 0.1) is 0 Å². The normalized spacial score (nSPS) is 27.3. The molecule has 4 heteroatoms. The molecule has 0 radical (unpaired) electrons. The highest BCUT2D eigenvalue weighted by Crippen LogP contribution is 2.20. The summed E-state index contributed by atoms with van der Waals surface area (Å²) in [7, 11) is 0. The highest BCUT2D eigenvalue weighted by molar-refractivity contribution is 5.71. The molecular weight excluding hydrogens is 185 g/mol. The van der Waals surface area contributed by atoms with Crippen LogP contribution in [0.15, 0.2) is 0 Å². The predicted octanol–water partition coefficient (Wildman–Crippen LogP) is 1.42. The standard InChI is InChI=1S/C10H18FNO2/c1-2-14-10(13)7-12-9-6-4-3-5-8(9)11/h8-9,12H,2-7H2,1H3/t8-,9-/m1/s1. The topological polar surface area (TPSA) is 38.3 Å². The molecule has 0 heterocycles. The number of esters is 1. The lowest BCUT2D eigenvalue weighted by molar-refractivity contribution is -0.142.